The summed E-state index contributed by atoms with van der Waals surface area (Å²) in [5.41, 5.74) is 1.19. The third-order valence-electron chi connectivity index (χ3n) is 3.34. The van der Waals surface area contributed by atoms with Gasteiger partial charge in [-0.2, -0.15) is 0 Å². The fourth-order valence-electron chi connectivity index (χ4n) is 2.30. The van der Waals surface area contributed by atoms with Gasteiger partial charge in [-0.1, -0.05) is 18.2 Å². The zero-order valence-electron chi connectivity index (χ0n) is 9.82. The minimum atomic E-state index is 0.344. The van der Waals surface area contributed by atoms with Crippen LogP contribution >= 0.6 is 0 Å². The van der Waals surface area contributed by atoms with Gasteiger partial charge in [-0.05, 0) is 49.5 Å². The standard InChI is InChI=1S/C14H17NO2/c1(11-5-7-15-8-6-11)2-12-3-4-13-14(9-12)17-10-16-13/h1-4,9,11,15H,5-8,10H2/b2-1+. The highest BCUT2D eigenvalue weighted by Gasteiger charge is 2.13. The van der Waals surface area contributed by atoms with E-state index in [1.165, 1.54) is 18.4 Å². The summed E-state index contributed by atoms with van der Waals surface area (Å²) in [5, 5.41) is 3.38. The van der Waals surface area contributed by atoms with Gasteiger partial charge >= 0.3 is 0 Å². The predicted molar refractivity (Wildman–Crippen MR) is 67.2 cm³/mol. The monoisotopic (exact) mass is 231 g/mol. The number of ether oxygens (including phenoxy) is 2. The molecule has 2 aliphatic heterocycles. The summed E-state index contributed by atoms with van der Waals surface area (Å²) in [4.78, 5) is 0. The molecule has 1 fully saturated rings. The lowest BCUT2D eigenvalue weighted by Gasteiger charge is -2.19. The molecule has 3 nitrogen and oxygen atoms in total. The van der Waals surface area contributed by atoms with Crippen LogP contribution in [0.5, 0.6) is 11.5 Å². The van der Waals surface area contributed by atoms with Crippen LogP contribution in [0.2, 0.25) is 0 Å². The fraction of sp³-hybridized carbons (Fsp3) is 0.429. The van der Waals surface area contributed by atoms with Crippen molar-refractivity contribution < 1.29 is 9.47 Å². The van der Waals surface area contributed by atoms with Crippen LogP contribution in [0.1, 0.15) is 18.4 Å². The van der Waals surface area contributed by atoms with Crippen molar-refractivity contribution in [2.24, 2.45) is 5.92 Å². The third kappa shape index (κ3) is 2.44. The summed E-state index contributed by atoms with van der Waals surface area (Å²) in [6, 6.07) is 6.09. The summed E-state index contributed by atoms with van der Waals surface area (Å²) < 4.78 is 10.7. The molecule has 2 heterocycles. The largest absolute Gasteiger partial charge is 0.454 e. The van der Waals surface area contributed by atoms with Gasteiger partial charge in [0.25, 0.3) is 0 Å². The van der Waals surface area contributed by atoms with E-state index in [1.807, 2.05) is 12.1 Å². The van der Waals surface area contributed by atoms with E-state index < -0.39 is 0 Å². The molecule has 17 heavy (non-hydrogen) atoms. The van der Waals surface area contributed by atoms with Crippen LogP contribution < -0.4 is 14.8 Å². The van der Waals surface area contributed by atoms with Crippen LogP contribution in [-0.2, 0) is 0 Å². The second-order valence-corrected chi connectivity index (χ2v) is 4.56. The molecule has 0 radical (unpaired) electrons. The first-order chi connectivity index (χ1) is 8.42. The van der Waals surface area contributed by atoms with Crippen molar-refractivity contribution >= 4 is 6.08 Å². The Balaban J connectivity index is 1.69. The molecule has 2 aliphatic rings. The van der Waals surface area contributed by atoms with Gasteiger partial charge in [0, 0.05) is 0 Å². The summed E-state index contributed by atoms with van der Waals surface area (Å²) in [6.07, 6.45) is 6.98. The van der Waals surface area contributed by atoms with E-state index in [0.29, 0.717) is 12.7 Å². The Kier molecular flexibility index (Phi) is 3.01. The zero-order chi connectivity index (χ0) is 11.5. The van der Waals surface area contributed by atoms with Crippen LogP contribution in [0.25, 0.3) is 6.08 Å². The molecule has 1 N–H and O–H groups in total. The first-order valence-corrected chi connectivity index (χ1v) is 6.20. The number of hydrogen-bond acceptors (Lipinski definition) is 3. The van der Waals surface area contributed by atoms with Crippen molar-refractivity contribution in [3.8, 4) is 11.5 Å². The Bertz CT molecular complexity index is 422. The van der Waals surface area contributed by atoms with Gasteiger partial charge < -0.3 is 14.8 Å². The highest BCUT2D eigenvalue weighted by molar-refractivity contribution is 5.56. The number of rotatable bonds is 2. The third-order valence-corrected chi connectivity index (χ3v) is 3.34. The normalized spacial score (nSPS) is 20.0. The van der Waals surface area contributed by atoms with E-state index in [2.05, 4.69) is 23.5 Å². The van der Waals surface area contributed by atoms with E-state index in [9.17, 15) is 0 Å². The maximum Gasteiger partial charge on any atom is 0.231 e. The Morgan fingerprint density at radius 2 is 1.94 bits per heavy atom. The van der Waals surface area contributed by atoms with Gasteiger partial charge in [0.1, 0.15) is 0 Å². The molecule has 0 aromatic heterocycles. The molecule has 0 aliphatic carbocycles. The van der Waals surface area contributed by atoms with Gasteiger partial charge in [-0.3, -0.25) is 0 Å². The lowest BCUT2D eigenvalue weighted by molar-refractivity contribution is 0.174. The highest BCUT2D eigenvalue weighted by atomic mass is 16.7. The van der Waals surface area contributed by atoms with Gasteiger partial charge in [-0.15, -0.1) is 0 Å². The average molecular weight is 231 g/mol. The molecule has 0 saturated carbocycles. The van der Waals surface area contributed by atoms with Gasteiger partial charge in [0.2, 0.25) is 6.79 Å². The first-order valence-electron chi connectivity index (χ1n) is 6.20. The fourth-order valence-corrected chi connectivity index (χ4v) is 2.30. The summed E-state index contributed by atoms with van der Waals surface area (Å²) >= 11 is 0. The predicted octanol–water partition coefficient (Wildman–Crippen LogP) is 2.43. The van der Waals surface area contributed by atoms with Crippen molar-refractivity contribution in [2.75, 3.05) is 19.9 Å². The molecular weight excluding hydrogens is 214 g/mol. The quantitative estimate of drug-likeness (QED) is 0.848. The summed E-state index contributed by atoms with van der Waals surface area (Å²) in [7, 11) is 0. The Morgan fingerprint density at radius 3 is 2.82 bits per heavy atom. The van der Waals surface area contributed by atoms with Gasteiger partial charge in [0.05, 0.1) is 0 Å². The van der Waals surface area contributed by atoms with Crippen LogP contribution in [-0.4, -0.2) is 19.9 Å². The highest BCUT2D eigenvalue weighted by Crippen LogP contribution is 2.33. The minimum absolute atomic E-state index is 0.344. The molecule has 0 spiro atoms. The Morgan fingerprint density at radius 1 is 1.12 bits per heavy atom. The maximum absolute atomic E-state index is 5.36. The smallest absolute Gasteiger partial charge is 0.231 e. The molecular formula is C14H17NO2. The second-order valence-electron chi connectivity index (χ2n) is 4.56. The van der Waals surface area contributed by atoms with Crippen molar-refractivity contribution in [3.63, 3.8) is 0 Å². The molecule has 0 bridgehead atoms. The van der Waals surface area contributed by atoms with Gasteiger partial charge in [-0.25, -0.2) is 0 Å². The number of hydrogen-bond donors (Lipinski definition) is 1. The van der Waals surface area contributed by atoms with Crippen molar-refractivity contribution in [2.45, 2.75) is 12.8 Å². The van der Waals surface area contributed by atoms with Gasteiger partial charge in [0.15, 0.2) is 11.5 Å². The maximum atomic E-state index is 5.36. The second kappa shape index (κ2) is 4.80. The van der Waals surface area contributed by atoms with Crippen LogP contribution in [0.3, 0.4) is 0 Å². The Labute approximate surface area is 101 Å². The number of benzene rings is 1. The number of fused-ring (bicyclic) bond motifs is 1. The van der Waals surface area contributed by atoms with E-state index in [4.69, 9.17) is 9.47 Å². The molecule has 1 aromatic rings. The summed E-state index contributed by atoms with van der Waals surface area (Å²) in [5.74, 6) is 2.42. The number of allylic oxidation sites excluding steroid dienone is 1. The van der Waals surface area contributed by atoms with E-state index in [-0.39, 0.29) is 0 Å². The molecule has 1 aromatic carbocycles. The molecule has 0 amide bonds. The molecule has 1 saturated heterocycles. The van der Waals surface area contributed by atoms with Crippen molar-refractivity contribution in [3.05, 3.63) is 29.8 Å². The van der Waals surface area contributed by atoms with Crippen molar-refractivity contribution in [1.82, 2.24) is 5.32 Å². The Hall–Kier alpha value is -1.48. The summed E-state index contributed by atoms with van der Waals surface area (Å²) in [6.45, 7) is 2.61. The SMILES string of the molecule is C(=C\C1CCNCC1)/c1ccc2c(c1)OCO2. The molecule has 0 unspecified atom stereocenters. The molecule has 0 atom stereocenters. The topological polar surface area (TPSA) is 30.5 Å². The number of nitrogens with one attached hydrogen (secondary N) is 1. The average Bonchev–Trinajstić information content (AvgIpc) is 2.85. The lowest BCUT2D eigenvalue weighted by atomic mass is 9.97. The van der Waals surface area contributed by atoms with Crippen LogP contribution in [0.15, 0.2) is 24.3 Å². The van der Waals surface area contributed by atoms with Crippen LogP contribution in [0, 0.1) is 5.92 Å². The first kappa shape index (κ1) is 10.7. The lowest BCUT2D eigenvalue weighted by Crippen LogP contribution is -2.26. The van der Waals surface area contributed by atoms with Crippen LogP contribution in [0.4, 0.5) is 0 Å². The van der Waals surface area contributed by atoms with E-state index in [1.54, 1.807) is 0 Å². The molecule has 90 valence electrons. The zero-order valence-corrected chi connectivity index (χ0v) is 9.82. The minimum Gasteiger partial charge on any atom is -0.454 e. The number of piperidine rings is 1. The van der Waals surface area contributed by atoms with E-state index >= 15 is 0 Å². The van der Waals surface area contributed by atoms with E-state index in [0.717, 1.165) is 24.6 Å². The molecule has 3 heteroatoms. The molecule has 3 rings (SSSR count). The van der Waals surface area contributed by atoms with Crippen molar-refractivity contribution in [1.29, 1.82) is 0 Å².